The van der Waals surface area contributed by atoms with Gasteiger partial charge in [0.1, 0.15) is 0 Å². The SMILES string of the molecule is N#Cc1cccc(CN2C[C@H]3C[C@@H](C2)[C@H](CC2CCCCC2)N2C(=O)CCC[C@@H]32)c1. The summed E-state index contributed by atoms with van der Waals surface area (Å²) in [5.41, 5.74) is 2.00. The van der Waals surface area contributed by atoms with Crippen LogP contribution in [0.1, 0.15) is 75.3 Å². The van der Waals surface area contributed by atoms with Crippen molar-refractivity contribution in [2.75, 3.05) is 13.1 Å². The van der Waals surface area contributed by atoms with E-state index in [0.717, 1.165) is 44.0 Å². The number of carbonyl (C=O) groups is 1. The Kier molecular flexibility index (Phi) is 5.83. The largest absolute Gasteiger partial charge is 0.336 e. The zero-order valence-corrected chi connectivity index (χ0v) is 18.1. The van der Waals surface area contributed by atoms with Crippen molar-refractivity contribution < 1.29 is 4.79 Å². The van der Waals surface area contributed by atoms with Crippen molar-refractivity contribution in [3.05, 3.63) is 35.4 Å². The van der Waals surface area contributed by atoms with Crippen LogP contribution in [0.2, 0.25) is 0 Å². The van der Waals surface area contributed by atoms with E-state index in [4.69, 9.17) is 0 Å². The average molecular weight is 406 g/mol. The van der Waals surface area contributed by atoms with E-state index in [1.165, 1.54) is 56.9 Å². The van der Waals surface area contributed by atoms with E-state index in [1.54, 1.807) is 0 Å². The third kappa shape index (κ3) is 4.02. The van der Waals surface area contributed by atoms with E-state index in [1.807, 2.05) is 18.2 Å². The van der Waals surface area contributed by atoms with Gasteiger partial charge in [-0.25, -0.2) is 0 Å². The minimum Gasteiger partial charge on any atom is -0.336 e. The fourth-order valence-electron chi connectivity index (χ4n) is 7.07. The number of carbonyl (C=O) groups excluding carboxylic acids is 1. The molecule has 4 nitrogen and oxygen atoms in total. The van der Waals surface area contributed by atoms with Crippen LogP contribution >= 0.6 is 0 Å². The molecule has 30 heavy (non-hydrogen) atoms. The first-order valence-electron chi connectivity index (χ1n) is 12.2. The molecular weight excluding hydrogens is 370 g/mol. The summed E-state index contributed by atoms with van der Waals surface area (Å²) in [4.78, 5) is 18.1. The standard InChI is InChI=1S/C26H35N3O/c27-15-20-8-4-9-21(12-20)16-28-17-22-14-23(18-28)25(13-19-6-2-1-3-7-19)29-24(22)10-5-11-26(29)30/h4,8-9,12,19,22-25H,1-3,5-7,10-11,13-14,16-18H2/t22-,23+,24+,25+/m1/s1. The van der Waals surface area contributed by atoms with Gasteiger partial charge in [0.25, 0.3) is 0 Å². The number of hydrogen-bond acceptors (Lipinski definition) is 3. The molecule has 4 aliphatic rings. The lowest BCUT2D eigenvalue weighted by atomic mass is 9.69. The summed E-state index contributed by atoms with van der Waals surface area (Å²) in [5.74, 6) is 2.49. The van der Waals surface area contributed by atoms with Gasteiger partial charge in [-0.1, -0.05) is 44.2 Å². The van der Waals surface area contributed by atoms with Crippen LogP contribution in [-0.4, -0.2) is 40.9 Å². The molecule has 3 heterocycles. The quantitative estimate of drug-likeness (QED) is 0.727. The van der Waals surface area contributed by atoms with Gasteiger partial charge in [-0.3, -0.25) is 9.69 Å². The van der Waals surface area contributed by atoms with Crippen molar-refractivity contribution in [1.29, 1.82) is 5.26 Å². The van der Waals surface area contributed by atoms with Crippen molar-refractivity contribution >= 4 is 5.91 Å². The lowest BCUT2D eigenvalue weighted by Gasteiger charge is -2.57. The lowest BCUT2D eigenvalue weighted by molar-refractivity contribution is -0.154. The summed E-state index contributed by atoms with van der Waals surface area (Å²) in [6, 6.07) is 11.3. The van der Waals surface area contributed by atoms with Crippen LogP contribution in [0, 0.1) is 29.1 Å². The molecule has 0 aromatic heterocycles. The lowest BCUT2D eigenvalue weighted by Crippen LogP contribution is -2.65. The highest BCUT2D eigenvalue weighted by Crippen LogP contribution is 2.44. The number of piperidine rings is 3. The first-order chi connectivity index (χ1) is 14.7. The molecule has 4 atom stereocenters. The predicted molar refractivity (Wildman–Crippen MR) is 117 cm³/mol. The Labute approximate surface area is 181 Å². The van der Waals surface area contributed by atoms with Gasteiger partial charge in [0.15, 0.2) is 0 Å². The maximum Gasteiger partial charge on any atom is 0.223 e. The molecule has 3 aliphatic heterocycles. The molecule has 3 saturated heterocycles. The smallest absolute Gasteiger partial charge is 0.223 e. The third-order valence-corrected chi connectivity index (χ3v) is 8.33. The van der Waals surface area contributed by atoms with Gasteiger partial charge >= 0.3 is 0 Å². The minimum absolute atomic E-state index is 0.442. The summed E-state index contributed by atoms with van der Waals surface area (Å²) >= 11 is 0. The Morgan fingerprint density at radius 1 is 1.03 bits per heavy atom. The van der Waals surface area contributed by atoms with E-state index in [-0.39, 0.29) is 0 Å². The van der Waals surface area contributed by atoms with E-state index in [0.29, 0.717) is 29.8 Å². The van der Waals surface area contributed by atoms with Crippen LogP contribution in [0.3, 0.4) is 0 Å². The zero-order chi connectivity index (χ0) is 20.5. The number of likely N-dealkylation sites (tertiary alicyclic amines) is 1. The van der Waals surface area contributed by atoms with Crippen LogP contribution in [0.25, 0.3) is 0 Å². The predicted octanol–water partition coefficient (Wildman–Crippen LogP) is 4.73. The first kappa shape index (κ1) is 20.1. The fourth-order valence-corrected chi connectivity index (χ4v) is 7.07. The van der Waals surface area contributed by atoms with Gasteiger partial charge in [0.2, 0.25) is 5.91 Å². The Morgan fingerprint density at radius 3 is 2.70 bits per heavy atom. The number of rotatable bonds is 4. The van der Waals surface area contributed by atoms with Crippen LogP contribution in [0.5, 0.6) is 0 Å². The maximum absolute atomic E-state index is 13.0. The summed E-state index contributed by atoms with van der Waals surface area (Å²) in [5, 5.41) is 9.24. The summed E-state index contributed by atoms with van der Waals surface area (Å²) in [6.45, 7) is 3.12. The van der Waals surface area contributed by atoms with Crippen molar-refractivity contribution in [2.24, 2.45) is 17.8 Å². The number of benzene rings is 1. The molecule has 1 amide bonds. The van der Waals surface area contributed by atoms with Gasteiger partial charge in [-0.2, -0.15) is 5.26 Å². The Morgan fingerprint density at radius 2 is 1.87 bits per heavy atom. The Hall–Kier alpha value is -1.86. The second-order valence-electron chi connectivity index (χ2n) is 10.3. The third-order valence-electron chi connectivity index (χ3n) is 8.33. The number of hydrogen-bond donors (Lipinski definition) is 0. The molecule has 4 fully saturated rings. The molecule has 0 radical (unpaired) electrons. The first-order valence-corrected chi connectivity index (χ1v) is 12.2. The highest BCUT2D eigenvalue weighted by Gasteiger charge is 2.49. The van der Waals surface area contributed by atoms with Crippen LogP contribution in [-0.2, 0) is 11.3 Å². The van der Waals surface area contributed by atoms with Crippen molar-refractivity contribution in [3.8, 4) is 6.07 Å². The molecule has 0 N–H and O–H groups in total. The molecule has 1 aromatic rings. The zero-order valence-electron chi connectivity index (χ0n) is 18.1. The molecule has 0 unspecified atom stereocenters. The molecule has 5 rings (SSSR count). The molecule has 160 valence electrons. The molecule has 2 bridgehead atoms. The van der Waals surface area contributed by atoms with Crippen molar-refractivity contribution in [2.45, 2.75) is 82.8 Å². The van der Waals surface area contributed by atoms with Crippen LogP contribution in [0.15, 0.2) is 24.3 Å². The number of fused-ring (bicyclic) bond motifs is 4. The maximum atomic E-state index is 13.0. The second-order valence-corrected chi connectivity index (χ2v) is 10.3. The molecule has 0 spiro atoms. The highest BCUT2D eigenvalue weighted by atomic mass is 16.2. The highest BCUT2D eigenvalue weighted by molar-refractivity contribution is 5.78. The van der Waals surface area contributed by atoms with Crippen molar-refractivity contribution in [1.82, 2.24) is 9.80 Å². The van der Waals surface area contributed by atoms with Gasteiger partial charge in [-0.05, 0) is 61.1 Å². The number of nitriles is 1. The Bertz CT molecular complexity index is 809. The average Bonchev–Trinajstić information content (AvgIpc) is 2.77. The summed E-state index contributed by atoms with van der Waals surface area (Å²) in [6.07, 6.45) is 12.5. The van der Waals surface area contributed by atoms with E-state index in [2.05, 4.69) is 21.9 Å². The molecular formula is C26H35N3O. The van der Waals surface area contributed by atoms with Gasteiger partial charge in [0, 0.05) is 38.1 Å². The second kappa shape index (κ2) is 8.71. The normalized spacial score (nSPS) is 32.5. The fraction of sp³-hybridized carbons (Fsp3) is 0.692. The Balaban J connectivity index is 1.35. The van der Waals surface area contributed by atoms with Crippen LogP contribution in [0.4, 0.5) is 0 Å². The van der Waals surface area contributed by atoms with Gasteiger partial charge < -0.3 is 4.90 Å². The minimum atomic E-state index is 0.442. The van der Waals surface area contributed by atoms with E-state index < -0.39 is 0 Å². The monoisotopic (exact) mass is 405 g/mol. The molecule has 1 aromatic carbocycles. The summed E-state index contributed by atoms with van der Waals surface area (Å²) in [7, 11) is 0. The van der Waals surface area contributed by atoms with Gasteiger partial charge in [-0.15, -0.1) is 0 Å². The van der Waals surface area contributed by atoms with Gasteiger partial charge in [0.05, 0.1) is 11.6 Å². The topological polar surface area (TPSA) is 47.3 Å². The molecule has 1 saturated carbocycles. The van der Waals surface area contributed by atoms with Crippen LogP contribution < -0.4 is 0 Å². The molecule has 1 aliphatic carbocycles. The van der Waals surface area contributed by atoms with E-state index >= 15 is 0 Å². The van der Waals surface area contributed by atoms with E-state index in [9.17, 15) is 10.1 Å². The summed E-state index contributed by atoms with van der Waals surface area (Å²) < 4.78 is 0. The number of nitrogens with zero attached hydrogens (tertiary/aromatic N) is 3. The molecule has 4 heteroatoms. The van der Waals surface area contributed by atoms with Crippen molar-refractivity contribution in [3.63, 3.8) is 0 Å². The number of amides is 1.